The first kappa shape index (κ1) is 33.7. The summed E-state index contributed by atoms with van der Waals surface area (Å²) in [5.41, 5.74) is 9.70. The first-order chi connectivity index (χ1) is 20.7. The second-order valence-corrected chi connectivity index (χ2v) is 16.3. The van der Waals surface area contributed by atoms with E-state index in [1.807, 2.05) is 6.07 Å². The highest BCUT2D eigenvalue weighted by Gasteiger charge is 2.36. The number of nitrogens with zero attached hydrogens (tertiary/aromatic N) is 1. The van der Waals surface area contributed by atoms with Crippen LogP contribution in [-0.4, -0.2) is 5.71 Å². The Hall–Kier alpha value is -3.22. The van der Waals surface area contributed by atoms with Crippen molar-refractivity contribution in [2.24, 2.45) is 4.99 Å². The lowest BCUT2D eigenvalue weighted by molar-refractivity contribution is 0.290. The standard InChI is InChI=1S/C41H52NOP/c1-11-25-41(10,44-38-29(2)19-18-24-34(38)30(3)42-33-22-16-13-17-23-33)36-27-32(39(4,5)6)26-35(40(7,8)9)37(36)43-28-31-20-14-12-15-21-31/h12-24,26-27,44H,11,25,28H2,1-10H3/b42-30+. The number of para-hydroxylation sites is 1. The maximum atomic E-state index is 6.95. The quantitative estimate of drug-likeness (QED) is 0.130. The Morgan fingerprint density at radius 1 is 0.750 bits per heavy atom. The van der Waals surface area contributed by atoms with Gasteiger partial charge in [0.05, 0.1) is 5.69 Å². The number of ether oxygens (including phenoxy) is 1. The molecule has 2 nitrogen and oxygen atoms in total. The molecule has 0 N–H and O–H groups in total. The largest absolute Gasteiger partial charge is 0.488 e. The van der Waals surface area contributed by atoms with Crippen molar-refractivity contribution in [3.05, 3.63) is 124 Å². The summed E-state index contributed by atoms with van der Waals surface area (Å²) in [6.07, 6.45) is 2.15. The van der Waals surface area contributed by atoms with E-state index in [9.17, 15) is 0 Å². The summed E-state index contributed by atoms with van der Waals surface area (Å²) in [7, 11) is 0.550. The third-order valence-corrected chi connectivity index (χ3v) is 10.4. The highest BCUT2D eigenvalue weighted by molar-refractivity contribution is 7.49. The second-order valence-electron chi connectivity index (χ2n) is 14.4. The van der Waals surface area contributed by atoms with E-state index in [1.54, 1.807) is 0 Å². The van der Waals surface area contributed by atoms with Crippen molar-refractivity contribution in [2.45, 2.75) is 105 Å². The Morgan fingerprint density at radius 2 is 1.36 bits per heavy atom. The molecule has 0 radical (unpaired) electrons. The van der Waals surface area contributed by atoms with Gasteiger partial charge >= 0.3 is 0 Å². The van der Waals surface area contributed by atoms with Gasteiger partial charge in [0, 0.05) is 27.6 Å². The average Bonchev–Trinajstić information content (AvgIpc) is 2.97. The molecule has 4 rings (SSSR count). The van der Waals surface area contributed by atoms with Gasteiger partial charge in [-0.1, -0.05) is 149 Å². The van der Waals surface area contributed by atoms with Crippen LogP contribution < -0.4 is 10.0 Å². The molecule has 2 atom stereocenters. The third-order valence-electron chi connectivity index (χ3n) is 8.45. The molecule has 0 bridgehead atoms. The molecular formula is C41H52NOP. The maximum Gasteiger partial charge on any atom is 0.127 e. The number of rotatable bonds is 10. The van der Waals surface area contributed by atoms with Crippen molar-refractivity contribution in [3.8, 4) is 5.75 Å². The molecular weight excluding hydrogens is 553 g/mol. The lowest BCUT2D eigenvalue weighted by Gasteiger charge is -2.37. The van der Waals surface area contributed by atoms with E-state index in [0.29, 0.717) is 15.2 Å². The number of aryl methyl sites for hydroxylation is 1. The zero-order valence-corrected chi connectivity index (χ0v) is 29.6. The summed E-state index contributed by atoms with van der Waals surface area (Å²) in [6.45, 7) is 23.7. The fourth-order valence-electron chi connectivity index (χ4n) is 5.85. The van der Waals surface area contributed by atoms with E-state index in [-0.39, 0.29) is 16.0 Å². The smallest absolute Gasteiger partial charge is 0.127 e. The van der Waals surface area contributed by atoms with E-state index in [2.05, 4.69) is 154 Å². The SMILES string of the molecule is CCCC(C)(Pc1c(C)cccc1/C(C)=N/c1ccccc1)c1cc(C(C)(C)C)cc(C(C)(C)C)c1OCc1ccccc1. The number of aliphatic imine (C=N–C) groups is 1. The normalized spacial score (nSPS) is 14.2. The van der Waals surface area contributed by atoms with Gasteiger partial charge in [0.15, 0.2) is 0 Å². The first-order valence-electron chi connectivity index (χ1n) is 16.1. The van der Waals surface area contributed by atoms with Gasteiger partial charge in [-0.15, -0.1) is 0 Å². The fourth-order valence-corrected chi connectivity index (χ4v) is 7.77. The fraction of sp³-hybridized carbons (Fsp3) is 0.390. The molecule has 0 heterocycles. The van der Waals surface area contributed by atoms with Crippen LogP contribution in [0.1, 0.15) is 109 Å². The van der Waals surface area contributed by atoms with Crippen molar-refractivity contribution in [1.29, 1.82) is 0 Å². The Bertz CT molecular complexity index is 1580. The highest BCUT2D eigenvalue weighted by atomic mass is 31.1. The summed E-state index contributed by atoms with van der Waals surface area (Å²) in [4.78, 5) is 5.05. The molecule has 0 aliphatic carbocycles. The lowest BCUT2D eigenvalue weighted by Crippen LogP contribution is -2.27. The molecule has 0 aliphatic rings. The van der Waals surface area contributed by atoms with Crippen molar-refractivity contribution in [1.82, 2.24) is 0 Å². The minimum absolute atomic E-state index is 0.00962. The first-order valence-corrected chi connectivity index (χ1v) is 17.1. The molecule has 44 heavy (non-hydrogen) atoms. The molecule has 3 heteroatoms. The van der Waals surface area contributed by atoms with Crippen LogP contribution in [0.15, 0.2) is 96.0 Å². The molecule has 0 spiro atoms. The van der Waals surface area contributed by atoms with Gasteiger partial charge in [-0.3, -0.25) is 4.99 Å². The van der Waals surface area contributed by atoms with Crippen LogP contribution in [0.3, 0.4) is 0 Å². The highest BCUT2D eigenvalue weighted by Crippen LogP contribution is 2.52. The van der Waals surface area contributed by atoms with E-state index in [0.717, 1.165) is 30.0 Å². The van der Waals surface area contributed by atoms with Crippen LogP contribution in [0.25, 0.3) is 0 Å². The summed E-state index contributed by atoms with van der Waals surface area (Å²) in [6, 6.07) is 32.4. The molecule has 0 amide bonds. The second kappa shape index (κ2) is 13.8. The molecule has 0 saturated heterocycles. The van der Waals surface area contributed by atoms with Gasteiger partial charge in [-0.05, 0) is 65.2 Å². The molecule has 232 valence electrons. The Labute approximate surface area is 269 Å². The van der Waals surface area contributed by atoms with Crippen molar-refractivity contribution in [3.63, 3.8) is 0 Å². The Kier molecular flexibility index (Phi) is 10.6. The van der Waals surface area contributed by atoms with Gasteiger partial charge < -0.3 is 4.74 Å². The van der Waals surface area contributed by atoms with Crippen LogP contribution in [0.2, 0.25) is 0 Å². The predicted octanol–water partition coefficient (Wildman–Crippen LogP) is 11.3. The Balaban J connectivity index is 1.93. The maximum absolute atomic E-state index is 6.95. The van der Waals surface area contributed by atoms with Crippen molar-refractivity contribution >= 4 is 25.3 Å². The number of hydrogen-bond donors (Lipinski definition) is 0. The summed E-state index contributed by atoms with van der Waals surface area (Å²) in [5, 5.41) is 1.27. The molecule has 4 aromatic carbocycles. The molecule has 0 saturated carbocycles. The molecule has 2 unspecified atom stereocenters. The molecule has 0 aliphatic heterocycles. The van der Waals surface area contributed by atoms with Crippen LogP contribution >= 0.6 is 8.58 Å². The van der Waals surface area contributed by atoms with E-state index in [1.165, 1.54) is 38.7 Å². The topological polar surface area (TPSA) is 21.6 Å². The van der Waals surface area contributed by atoms with Crippen LogP contribution in [0.4, 0.5) is 5.69 Å². The summed E-state index contributed by atoms with van der Waals surface area (Å²) in [5.74, 6) is 1.06. The molecule has 0 fully saturated rings. The van der Waals surface area contributed by atoms with Gasteiger partial charge in [-0.2, -0.15) is 0 Å². The van der Waals surface area contributed by atoms with Crippen molar-refractivity contribution < 1.29 is 4.74 Å². The molecule has 4 aromatic rings. The average molecular weight is 606 g/mol. The third kappa shape index (κ3) is 8.08. The zero-order chi connectivity index (χ0) is 32.1. The zero-order valence-electron chi connectivity index (χ0n) is 28.6. The predicted molar refractivity (Wildman–Crippen MR) is 194 cm³/mol. The minimum atomic E-state index is -0.129. The van der Waals surface area contributed by atoms with Crippen LogP contribution in [-0.2, 0) is 22.6 Å². The molecule has 0 aromatic heterocycles. The Morgan fingerprint density at radius 3 is 1.95 bits per heavy atom. The number of hydrogen-bond acceptors (Lipinski definition) is 2. The van der Waals surface area contributed by atoms with Crippen LogP contribution in [0.5, 0.6) is 5.75 Å². The summed E-state index contributed by atoms with van der Waals surface area (Å²) < 4.78 is 6.95. The van der Waals surface area contributed by atoms with Gasteiger partial charge in [-0.25, -0.2) is 0 Å². The van der Waals surface area contributed by atoms with Gasteiger partial charge in [0.2, 0.25) is 0 Å². The van der Waals surface area contributed by atoms with Crippen LogP contribution in [0, 0.1) is 6.92 Å². The van der Waals surface area contributed by atoms with Gasteiger partial charge in [0.25, 0.3) is 0 Å². The lowest BCUT2D eigenvalue weighted by atomic mass is 9.77. The summed E-state index contributed by atoms with van der Waals surface area (Å²) >= 11 is 0. The van der Waals surface area contributed by atoms with Crippen molar-refractivity contribution in [2.75, 3.05) is 0 Å². The van der Waals surface area contributed by atoms with E-state index in [4.69, 9.17) is 9.73 Å². The van der Waals surface area contributed by atoms with Gasteiger partial charge in [0.1, 0.15) is 12.4 Å². The van der Waals surface area contributed by atoms with E-state index >= 15 is 0 Å². The minimum Gasteiger partial charge on any atom is -0.488 e. The number of benzene rings is 4. The van der Waals surface area contributed by atoms with E-state index < -0.39 is 0 Å². The monoisotopic (exact) mass is 605 g/mol.